The van der Waals surface area contributed by atoms with Gasteiger partial charge in [-0.1, -0.05) is 49.6 Å². The van der Waals surface area contributed by atoms with Gasteiger partial charge in [0.05, 0.1) is 0 Å². The molecule has 0 heterocycles. The summed E-state index contributed by atoms with van der Waals surface area (Å²) in [6, 6.07) is 7.30. The minimum Gasteiger partial charge on any atom is -0.480 e. The number of benzene rings is 1. The standard InChI is InChI=1S/C16H22N2O3/c17-13(11-7-3-1-4-8-11)15(19)18-14(16(20)21)12-9-5-2-6-10-12/h1,3-4,7-8,12-14H,2,5-6,9-10,17H2,(H,18,19)(H,20,21)/t13-,14?/m0/s1. The number of carbonyl (C=O) groups excluding carboxylic acids is 1. The highest BCUT2D eigenvalue weighted by Crippen LogP contribution is 2.27. The van der Waals surface area contributed by atoms with Crippen LogP contribution >= 0.6 is 0 Å². The quantitative estimate of drug-likeness (QED) is 0.771. The number of aliphatic carboxylic acids is 1. The Morgan fingerprint density at radius 1 is 1.14 bits per heavy atom. The normalized spacial score (nSPS) is 18.7. The van der Waals surface area contributed by atoms with Gasteiger partial charge in [0.1, 0.15) is 12.1 Å². The SMILES string of the molecule is N[C@H](C(=O)NC(C(=O)O)C1CCCCC1)c1ccccc1. The number of nitrogens with two attached hydrogens (primary N) is 1. The van der Waals surface area contributed by atoms with Gasteiger partial charge in [0.25, 0.3) is 0 Å². The molecule has 0 aliphatic heterocycles. The topological polar surface area (TPSA) is 92.4 Å². The zero-order valence-electron chi connectivity index (χ0n) is 12.0. The van der Waals surface area contributed by atoms with Crippen LogP contribution in [0.25, 0.3) is 0 Å². The molecule has 0 saturated heterocycles. The zero-order chi connectivity index (χ0) is 15.2. The summed E-state index contributed by atoms with van der Waals surface area (Å²) in [5, 5.41) is 12.0. The van der Waals surface area contributed by atoms with Gasteiger partial charge >= 0.3 is 5.97 Å². The van der Waals surface area contributed by atoms with Crippen molar-refractivity contribution in [2.45, 2.75) is 44.2 Å². The van der Waals surface area contributed by atoms with Crippen LogP contribution in [0.3, 0.4) is 0 Å². The van der Waals surface area contributed by atoms with E-state index in [1.807, 2.05) is 6.07 Å². The summed E-state index contributed by atoms with van der Waals surface area (Å²) in [5.41, 5.74) is 6.59. The third-order valence-electron chi connectivity index (χ3n) is 4.13. The van der Waals surface area contributed by atoms with Crippen LogP contribution in [-0.2, 0) is 9.59 Å². The lowest BCUT2D eigenvalue weighted by molar-refractivity contribution is -0.144. The third kappa shape index (κ3) is 4.04. The second-order valence-electron chi connectivity index (χ2n) is 5.61. The van der Waals surface area contributed by atoms with Crippen molar-refractivity contribution in [3.63, 3.8) is 0 Å². The number of carbonyl (C=O) groups is 2. The number of rotatable bonds is 5. The highest BCUT2D eigenvalue weighted by atomic mass is 16.4. The van der Waals surface area contributed by atoms with Crippen LogP contribution in [0.4, 0.5) is 0 Å². The first-order chi connectivity index (χ1) is 10.1. The smallest absolute Gasteiger partial charge is 0.326 e. The Kier molecular flexibility index (Phi) is 5.33. The Balaban J connectivity index is 2.02. The summed E-state index contributed by atoms with van der Waals surface area (Å²) in [6.45, 7) is 0. The van der Waals surface area contributed by atoms with Gasteiger partial charge in [-0.15, -0.1) is 0 Å². The van der Waals surface area contributed by atoms with Gasteiger partial charge in [-0.2, -0.15) is 0 Å². The van der Waals surface area contributed by atoms with Crippen molar-refractivity contribution in [2.75, 3.05) is 0 Å². The summed E-state index contributed by atoms with van der Waals surface area (Å²) < 4.78 is 0. The summed E-state index contributed by atoms with van der Waals surface area (Å²) in [7, 11) is 0. The largest absolute Gasteiger partial charge is 0.480 e. The maximum atomic E-state index is 12.2. The molecule has 5 nitrogen and oxygen atoms in total. The van der Waals surface area contributed by atoms with Gasteiger partial charge in [-0.05, 0) is 24.3 Å². The van der Waals surface area contributed by atoms with E-state index in [0.29, 0.717) is 5.56 Å². The number of nitrogens with one attached hydrogen (secondary N) is 1. The fourth-order valence-corrected chi connectivity index (χ4v) is 2.90. The van der Waals surface area contributed by atoms with E-state index in [1.54, 1.807) is 24.3 Å². The molecule has 1 unspecified atom stereocenters. The molecule has 1 aliphatic carbocycles. The van der Waals surface area contributed by atoms with Crippen molar-refractivity contribution < 1.29 is 14.7 Å². The van der Waals surface area contributed by atoms with Gasteiger partial charge in [-0.25, -0.2) is 4.79 Å². The van der Waals surface area contributed by atoms with E-state index >= 15 is 0 Å². The molecule has 1 fully saturated rings. The van der Waals surface area contributed by atoms with Crippen LogP contribution in [0.15, 0.2) is 30.3 Å². The minimum absolute atomic E-state index is 0.00294. The number of carboxylic acid groups (broad SMARTS) is 1. The second-order valence-corrected chi connectivity index (χ2v) is 5.61. The lowest BCUT2D eigenvalue weighted by Crippen LogP contribution is -2.49. The molecule has 1 amide bonds. The van der Waals surface area contributed by atoms with E-state index in [2.05, 4.69) is 5.32 Å². The molecule has 21 heavy (non-hydrogen) atoms. The first kappa shape index (κ1) is 15.5. The molecule has 0 radical (unpaired) electrons. The van der Waals surface area contributed by atoms with E-state index in [1.165, 1.54) is 0 Å². The van der Waals surface area contributed by atoms with Crippen LogP contribution in [0.2, 0.25) is 0 Å². The monoisotopic (exact) mass is 290 g/mol. The Morgan fingerprint density at radius 2 is 1.76 bits per heavy atom. The van der Waals surface area contributed by atoms with Gasteiger partial charge in [0.15, 0.2) is 0 Å². The Bertz CT molecular complexity index is 484. The van der Waals surface area contributed by atoms with Crippen molar-refractivity contribution in [1.29, 1.82) is 0 Å². The molecule has 1 aromatic carbocycles. The van der Waals surface area contributed by atoms with Crippen molar-refractivity contribution in [3.8, 4) is 0 Å². The van der Waals surface area contributed by atoms with Crippen molar-refractivity contribution >= 4 is 11.9 Å². The average Bonchev–Trinajstić information content (AvgIpc) is 2.53. The fourth-order valence-electron chi connectivity index (χ4n) is 2.90. The Labute approximate surface area is 124 Å². The second kappa shape index (κ2) is 7.22. The number of hydrogen-bond donors (Lipinski definition) is 3. The predicted octanol–water partition coefficient (Wildman–Crippen LogP) is 1.84. The predicted molar refractivity (Wildman–Crippen MR) is 79.5 cm³/mol. The van der Waals surface area contributed by atoms with Crippen molar-refractivity contribution in [3.05, 3.63) is 35.9 Å². The molecule has 0 bridgehead atoms. The average molecular weight is 290 g/mol. The van der Waals surface area contributed by atoms with Crippen LogP contribution in [0.1, 0.15) is 43.7 Å². The molecule has 114 valence electrons. The van der Waals surface area contributed by atoms with Gasteiger partial charge in [-0.3, -0.25) is 4.79 Å². The molecule has 1 aromatic rings. The maximum absolute atomic E-state index is 12.2. The molecule has 1 aliphatic rings. The summed E-state index contributed by atoms with van der Waals surface area (Å²) in [5.74, 6) is -1.40. The molecule has 0 aromatic heterocycles. The molecule has 0 spiro atoms. The van der Waals surface area contributed by atoms with Crippen molar-refractivity contribution in [2.24, 2.45) is 11.7 Å². The Hall–Kier alpha value is -1.88. The van der Waals surface area contributed by atoms with Crippen LogP contribution < -0.4 is 11.1 Å². The van der Waals surface area contributed by atoms with E-state index in [9.17, 15) is 14.7 Å². The molecular weight excluding hydrogens is 268 g/mol. The molecule has 2 rings (SSSR count). The summed E-state index contributed by atoms with van der Waals surface area (Å²) in [4.78, 5) is 23.6. The molecule has 1 saturated carbocycles. The highest BCUT2D eigenvalue weighted by Gasteiger charge is 2.32. The van der Waals surface area contributed by atoms with E-state index in [-0.39, 0.29) is 5.92 Å². The molecule has 4 N–H and O–H groups in total. The third-order valence-corrected chi connectivity index (χ3v) is 4.13. The lowest BCUT2D eigenvalue weighted by atomic mass is 9.83. The van der Waals surface area contributed by atoms with Crippen LogP contribution in [0.5, 0.6) is 0 Å². The molecule has 2 atom stereocenters. The summed E-state index contributed by atoms with van der Waals surface area (Å²) >= 11 is 0. The van der Waals surface area contributed by atoms with E-state index in [0.717, 1.165) is 32.1 Å². The molecule has 5 heteroatoms. The number of hydrogen-bond acceptors (Lipinski definition) is 3. The maximum Gasteiger partial charge on any atom is 0.326 e. The summed E-state index contributed by atoms with van der Waals surface area (Å²) in [6.07, 6.45) is 4.88. The zero-order valence-corrected chi connectivity index (χ0v) is 12.0. The lowest BCUT2D eigenvalue weighted by Gasteiger charge is -2.28. The molecular formula is C16H22N2O3. The van der Waals surface area contributed by atoms with Gasteiger partial charge in [0.2, 0.25) is 5.91 Å². The van der Waals surface area contributed by atoms with Crippen LogP contribution in [0, 0.1) is 5.92 Å². The first-order valence-corrected chi connectivity index (χ1v) is 7.43. The minimum atomic E-state index is -0.976. The first-order valence-electron chi connectivity index (χ1n) is 7.43. The van der Waals surface area contributed by atoms with Gasteiger partial charge < -0.3 is 16.2 Å². The van der Waals surface area contributed by atoms with E-state index < -0.39 is 24.0 Å². The van der Waals surface area contributed by atoms with E-state index in [4.69, 9.17) is 5.73 Å². The highest BCUT2D eigenvalue weighted by molar-refractivity contribution is 5.87. The Morgan fingerprint density at radius 3 is 2.33 bits per heavy atom. The number of amides is 1. The number of carboxylic acids is 1. The fraction of sp³-hybridized carbons (Fsp3) is 0.500. The van der Waals surface area contributed by atoms with Crippen LogP contribution in [-0.4, -0.2) is 23.0 Å². The van der Waals surface area contributed by atoms with Crippen molar-refractivity contribution in [1.82, 2.24) is 5.32 Å². The van der Waals surface area contributed by atoms with Gasteiger partial charge in [0, 0.05) is 0 Å².